The van der Waals surface area contributed by atoms with Gasteiger partial charge in [0.05, 0.1) is 19.8 Å². The molecule has 0 saturated heterocycles. The summed E-state index contributed by atoms with van der Waals surface area (Å²) in [5, 5.41) is 5.66. The Morgan fingerprint density at radius 2 is 1.86 bits per heavy atom. The number of ether oxygens (including phenoxy) is 1. The topological polar surface area (TPSA) is 71.9 Å². The average Bonchev–Trinajstić information content (AvgIpc) is 2.45. The minimum absolute atomic E-state index is 0.0653. The van der Waals surface area contributed by atoms with Crippen LogP contribution in [-0.2, 0) is 9.59 Å². The minimum atomic E-state index is -0.358. The van der Waals surface area contributed by atoms with Gasteiger partial charge in [0, 0.05) is 6.04 Å². The molecule has 22 heavy (non-hydrogen) atoms. The van der Waals surface area contributed by atoms with E-state index in [0.717, 1.165) is 4.90 Å². The molecule has 122 valence electrons. The highest BCUT2D eigenvalue weighted by molar-refractivity contribution is 5.95. The molecule has 0 spiro atoms. The highest BCUT2D eigenvalue weighted by atomic mass is 16.5. The lowest BCUT2D eigenvalue weighted by Crippen LogP contribution is -3.15. The molecule has 0 fully saturated rings. The Hall–Kier alpha value is -2.08. The van der Waals surface area contributed by atoms with Crippen molar-refractivity contribution in [3.05, 3.63) is 24.3 Å². The van der Waals surface area contributed by atoms with Gasteiger partial charge in [0.2, 0.25) is 0 Å². The number of likely N-dealkylation sites (N-methyl/N-ethyl adjacent to an activating group) is 1. The molecule has 2 atom stereocenters. The lowest BCUT2D eigenvalue weighted by Gasteiger charge is -2.21. The first-order chi connectivity index (χ1) is 10.3. The van der Waals surface area contributed by atoms with Crippen molar-refractivity contribution in [1.82, 2.24) is 5.32 Å². The maximum Gasteiger partial charge on any atom is 0.282 e. The van der Waals surface area contributed by atoms with Crippen LogP contribution < -0.4 is 20.3 Å². The first kappa shape index (κ1) is 18.0. The zero-order valence-corrected chi connectivity index (χ0v) is 13.9. The van der Waals surface area contributed by atoms with Gasteiger partial charge in [-0.25, -0.2) is 0 Å². The molecule has 0 aliphatic heterocycles. The van der Waals surface area contributed by atoms with Gasteiger partial charge in [-0.3, -0.25) is 9.59 Å². The van der Waals surface area contributed by atoms with Crippen LogP contribution in [0.3, 0.4) is 0 Å². The summed E-state index contributed by atoms with van der Waals surface area (Å²) in [6.45, 7) is 5.86. The number of hydrogen-bond acceptors (Lipinski definition) is 3. The number of methoxy groups -OCH3 is 1. The van der Waals surface area contributed by atoms with Gasteiger partial charge >= 0.3 is 0 Å². The number of benzene rings is 1. The first-order valence-corrected chi connectivity index (χ1v) is 7.40. The Labute approximate surface area is 131 Å². The summed E-state index contributed by atoms with van der Waals surface area (Å²) in [4.78, 5) is 24.9. The van der Waals surface area contributed by atoms with E-state index in [1.807, 2.05) is 33.0 Å². The van der Waals surface area contributed by atoms with Crippen LogP contribution >= 0.6 is 0 Å². The quantitative estimate of drug-likeness (QED) is 0.667. The Kier molecular flexibility index (Phi) is 6.85. The molecule has 0 radical (unpaired) electrons. The van der Waals surface area contributed by atoms with Gasteiger partial charge in [-0.1, -0.05) is 12.1 Å². The van der Waals surface area contributed by atoms with Crippen LogP contribution in [0.15, 0.2) is 24.3 Å². The molecule has 2 amide bonds. The third-order valence-electron chi connectivity index (χ3n) is 3.39. The maximum atomic E-state index is 12.3. The number of anilines is 1. The van der Waals surface area contributed by atoms with Gasteiger partial charge in [-0.2, -0.15) is 0 Å². The molecule has 0 aliphatic carbocycles. The van der Waals surface area contributed by atoms with Crippen molar-refractivity contribution in [2.45, 2.75) is 32.9 Å². The fourth-order valence-corrected chi connectivity index (χ4v) is 1.99. The van der Waals surface area contributed by atoms with Crippen LogP contribution in [-0.4, -0.2) is 44.6 Å². The fourth-order valence-electron chi connectivity index (χ4n) is 1.99. The molecule has 1 unspecified atom stereocenters. The van der Waals surface area contributed by atoms with Gasteiger partial charge in [-0.05, 0) is 32.9 Å². The van der Waals surface area contributed by atoms with E-state index in [0.29, 0.717) is 11.4 Å². The number of carbonyl (C=O) groups is 2. The molecule has 0 aromatic heterocycles. The summed E-state index contributed by atoms with van der Waals surface area (Å²) in [6, 6.07) is 6.97. The summed E-state index contributed by atoms with van der Waals surface area (Å²) in [6.07, 6.45) is 0. The van der Waals surface area contributed by atoms with E-state index >= 15 is 0 Å². The molecule has 1 rings (SSSR count). The Balaban J connectivity index is 2.62. The molecular weight excluding hydrogens is 282 g/mol. The van der Waals surface area contributed by atoms with Crippen molar-refractivity contribution < 1.29 is 19.2 Å². The standard InChI is InChI=1S/C16H25N3O3/c1-11(2)17-15(20)10-19(4)12(3)16(21)18-13-8-6-7-9-14(13)22-5/h6-9,11-12H,10H2,1-5H3,(H,17,20)(H,18,21)/p+1/t12-/m1/s1. The number of carbonyl (C=O) groups excluding carboxylic acids is 2. The predicted octanol–water partition coefficient (Wildman–Crippen LogP) is 0.0615. The van der Waals surface area contributed by atoms with Crippen molar-refractivity contribution in [1.29, 1.82) is 0 Å². The lowest BCUT2D eigenvalue weighted by atomic mass is 10.2. The van der Waals surface area contributed by atoms with Gasteiger partial charge in [0.25, 0.3) is 11.8 Å². The van der Waals surface area contributed by atoms with E-state index in [9.17, 15) is 9.59 Å². The van der Waals surface area contributed by atoms with Gasteiger partial charge in [0.1, 0.15) is 5.75 Å². The summed E-state index contributed by atoms with van der Waals surface area (Å²) in [5.74, 6) is 0.391. The molecule has 6 nitrogen and oxygen atoms in total. The van der Waals surface area contributed by atoms with Gasteiger partial charge in [-0.15, -0.1) is 0 Å². The van der Waals surface area contributed by atoms with Crippen molar-refractivity contribution in [2.75, 3.05) is 26.0 Å². The van der Waals surface area contributed by atoms with Gasteiger partial charge in [0.15, 0.2) is 12.6 Å². The number of amides is 2. The number of para-hydroxylation sites is 2. The molecule has 0 heterocycles. The molecule has 0 saturated carbocycles. The van der Waals surface area contributed by atoms with E-state index in [-0.39, 0.29) is 30.4 Å². The Bertz CT molecular complexity index is 517. The number of quaternary nitrogens is 1. The second kappa shape index (κ2) is 8.38. The van der Waals surface area contributed by atoms with Crippen LogP contribution in [0.25, 0.3) is 0 Å². The van der Waals surface area contributed by atoms with Crippen LogP contribution in [0.2, 0.25) is 0 Å². The summed E-state index contributed by atoms with van der Waals surface area (Å²) >= 11 is 0. The lowest BCUT2D eigenvalue weighted by molar-refractivity contribution is -0.885. The number of rotatable bonds is 7. The van der Waals surface area contributed by atoms with Crippen LogP contribution in [0.5, 0.6) is 5.75 Å². The summed E-state index contributed by atoms with van der Waals surface area (Å²) in [5.41, 5.74) is 0.626. The highest BCUT2D eigenvalue weighted by Crippen LogP contribution is 2.22. The molecule has 0 bridgehead atoms. The van der Waals surface area contributed by atoms with Crippen molar-refractivity contribution in [3.63, 3.8) is 0 Å². The van der Waals surface area contributed by atoms with E-state index in [1.165, 1.54) is 0 Å². The highest BCUT2D eigenvalue weighted by Gasteiger charge is 2.24. The molecule has 3 N–H and O–H groups in total. The van der Waals surface area contributed by atoms with E-state index in [1.54, 1.807) is 26.2 Å². The Morgan fingerprint density at radius 3 is 2.45 bits per heavy atom. The smallest absolute Gasteiger partial charge is 0.282 e. The van der Waals surface area contributed by atoms with Crippen molar-refractivity contribution in [2.24, 2.45) is 0 Å². The largest absolute Gasteiger partial charge is 0.495 e. The zero-order chi connectivity index (χ0) is 16.7. The molecule has 1 aromatic rings. The molecule has 6 heteroatoms. The molecule has 1 aromatic carbocycles. The normalized spacial score (nSPS) is 13.4. The van der Waals surface area contributed by atoms with Gasteiger partial charge < -0.3 is 20.3 Å². The minimum Gasteiger partial charge on any atom is -0.495 e. The zero-order valence-electron chi connectivity index (χ0n) is 13.9. The fraction of sp³-hybridized carbons (Fsp3) is 0.500. The third kappa shape index (κ3) is 5.37. The SMILES string of the molecule is COc1ccccc1NC(=O)[C@@H](C)[NH+](C)CC(=O)NC(C)C. The number of nitrogens with one attached hydrogen (secondary N) is 3. The van der Waals surface area contributed by atoms with Crippen molar-refractivity contribution in [3.8, 4) is 5.75 Å². The third-order valence-corrected chi connectivity index (χ3v) is 3.39. The summed E-state index contributed by atoms with van der Waals surface area (Å²) in [7, 11) is 3.38. The second-order valence-electron chi connectivity index (χ2n) is 5.66. The first-order valence-electron chi connectivity index (χ1n) is 7.40. The van der Waals surface area contributed by atoms with E-state index < -0.39 is 0 Å². The number of hydrogen-bond donors (Lipinski definition) is 3. The second-order valence-corrected chi connectivity index (χ2v) is 5.66. The maximum absolute atomic E-state index is 12.3. The predicted molar refractivity (Wildman–Crippen MR) is 86.1 cm³/mol. The average molecular weight is 308 g/mol. The van der Waals surface area contributed by atoms with E-state index in [2.05, 4.69) is 10.6 Å². The summed E-state index contributed by atoms with van der Waals surface area (Å²) < 4.78 is 5.21. The van der Waals surface area contributed by atoms with Crippen LogP contribution in [0.4, 0.5) is 5.69 Å². The van der Waals surface area contributed by atoms with Crippen molar-refractivity contribution >= 4 is 17.5 Å². The molecular formula is C16H26N3O3+. The monoisotopic (exact) mass is 308 g/mol. The van der Waals surface area contributed by atoms with E-state index in [4.69, 9.17) is 4.74 Å². The molecule has 0 aliphatic rings. The Morgan fingerprint density at radius 1 is 1.23 bits per heavy atom. The van der Waals surface area contributed by atoms with Crippen LogP contribution in [0, 0.1) is 0 Å². The van der Waals surface area contributed by atoms with Crippen LogP contribution in [0.1, 0.15) is 20.8 Å².